The number of hydrogen-bond acceptors (Lipinski definition) is 7. The Bertz CT molecular complexity index is 1490. The van der Waals surface area contributed by atoms with Crippen molar-refractivity contribution in [2.24, 2.45) is 11.3 Å². The van der Waals surface area contributed by atoms with Crippen LogP contribution >= 0.6 is 0 Å². The molecular formula is C35H50F2N8O. The van der Waals surface area contributed by atoms with Crippen molar-refractivity contribution in [1.82, 2.24) is 35.3 Å². The fourth-order valence-corrected chi connectivity index (χ4v) is 8.46. The van der Waals surface area contributed by atoms with E-state index in [0.717, 1.165) is 99.6 Å². The summed E-state index contributed by atoms with van der Waals surface area (Å²) < 4.78 is 31.5. The second kappa shape index (κ2) is 12.5. The van der Waals surface area contributed by atoms with E-state index < -0.39 is 6.43 Å². The number of alkyl halides is 2. The average molecular weight is 637 g/mol. The number of carbonyl (C=O) groups is 1. The van der Waals surface area contributed by atoms with Gasteiger partial charge in [-0.25, -0.2) is 14.2 Å². The number of piperidine rings is 2. The maximum atomic E-state index is 14.6. The summed E-state index contributed by atoms with van der Waals surface area (Å²) in [4.78, 5) is 19.3. The molecule has 2 fully saturated rings. The molecule has 9 nitrogen and oxygen atoms in total. The van der Waals surface area contributed by atoms with E-state index in [1.807, 2.05) is 29.2 Å². The summed E-state index contributed by atoms with van der Waals surface area (Å²) in [6.45, 7) is 14.3. The number of benzene rings is 1. The van der Waals surface area contributed by atoms with Crippen molar-refractivity contribution in [2.45, 2.75) is 78.3 Å². The molecule has 7 rings (SSSR count). The lowest BCUT2D eigenvalue weighted by Gasteiger charge is -2.43. The highest BCUT2D eigenvalue weighted by molar-refractivity contribution is 5.78. The first-order chi connectivity index (χ1) is 22.1. The van der Waals surface area contributed by atoms with Crippen LogP contribution in [0.25, 0.3) is 5.57 Å². The van der Waals surface area contributed by atoms with Crippen LogP contribution < -0.4 is 15.6 Å². The van der Waals surface area contributed by atoms with Crippen molar-refractivity contribution in [3.8, 4) is 0 Å². The average Bonchev–Trinajstić information content (AvgIpc) is 3.64. The predicted octanol–water partition coefficient (Wildman–Crippen LogP) is 4.87. The van der Waals surface area contributed by atoms with Crippen LogP contribution in [0.1, 0.15) is 86.9 Å². The number of likely N-dealkylation sites (tertiary alicyclic amines) is 1. The number of nitrogens with zero attached hydrogens (tertiary/aromatic N) is 6. The fourth-order valence-electron chi connectivity index (χ4n) is 8.46. The van der Waals surface area contributed by atoms with Crippen LogP contribution in [0.2, 0.25) is 0 Å². The molecule has 0 aliphatic carbocycles. The summed E-state index contributed by atoms with van der Waals surface area (Å²) in [5.74, 6) is 1.60. The van der Waals surface area contributed by atoms with E-state index in [9.17, 15) is 13.6 Å². The van der Waals surface area contributed by atoms with Crippen LogP contribution in [0.4, 0.5) is 20.3 Å². The molecule has 2 saturated heterocycles. The predicted molar refractivity (Wildman–Crippen MR) is 177 cm³/mol. The molecule has 0 radical (unpaired) electrons. The van der Waals surface area contributed by atoms with Crippen LogP contribution in [0.5, 0.6) is 0 Å². The number of nitrogens with one attached hydrogen (secondary N) is 2. The molecule has 5 aliphatic heterocycles. The zero-order chi connectivity index (χ0) is 32.2. The molecular weight excluding hydrogens is 586 g/mol. The monoisotopic (exact) mass is 636 g/mol. The Kier molecular flexibility index (Phi) is 8.61. The number of amides is 1. The van der Waals surface area contributed by atoms with Crippen molar-refractivity contribution in [3.63, 3.8) is 0 Å². The molecule has 5 aliphatic rings. The summed E-state index contributed by atoms with van der Waals surface area (Å²) in [5, 5.41) is 10.7. The zero-order valence-electron chi connectivity index (χ0n) is 27.9. The molecule has 0 spiro atoms. The highest BCUT2D eigenvalue weighted by Gasteiger charge is 2.37. The van der Waals surface area contributed by atoms with Gasteiger partial charge in [0.1, 0.15) is 0 Å². The quantitative estimate of drug-likeness (QED) is 0.469. The molecule has 11 heteroatoms. The summed E-state index contributed by atoms with van der Waals surface area (Å²) in [7, 11) is 1.89. The van der Waals surface area contributed by atoms with E-state index >= 15 is 0 Å². The minimum Gasteiger partial charge on any atom is -0.338 e. The maximum Gasteiger partial charge on any atom is 0.264 e. The Balaban J connectivity index is 1.19. The van der Waals surface area contributed by atoms with E-state index in [1.165, 1.54) is 12.1 Å². The summed E-state index contributed by atoms with van der Waals surface area (Å²) in [5.41, 5.74) is 9.29. The highest BCUT2D eigenvalue weighted by atomic mass is 19.3. The van der Waals surface area contributed by atoms with Crippen LogP contribution in [0.15, 0.2) is 18.3 Å². The number of aromatic nitrogens is 2. The molecule has 1 aromatic heterocycles. The summed E-state index contributed by atoms with van der Waals surface area (Å²) in [6.07, 6.45) is 5.16. The highest BCUT2D eigenvalue weighted by Crippen LogP contribution is 2.43. The molecule has 0 bridgehead atoms. The van der Waals surface area contributed by atoms with Gasteiger partial charge in [-0.05, 0) is 78.8 Å². The van der Waals surface area contributed by atoms with Crippen LogP contribution in [-0.4, -0.2) is 89.9 Å². The van der Waals surface area contributed by atoms with Crippen LogP contribution in [-0.2, 0) is 24.2 Å². The third-order valence-electron chi connectivity index (χ3n) is 11.3. The minimum absolute atomic E-state index is 0.0607. The normalized spacial score (nSPS) is 23.9. The minimum atomic E-state index is -2.59. The third kappa shape index (κ3) is 5.94. The second-order valence-corrected chi connectivity index (χ2v) is 14.8. The van der Waals surface area contributed by atoms with Gasteiger partial charge in [-0.1, -0.05) is 13.8 Å². The second-order valence-electron chi connectivity index (χ2n) is 14.8. The van der Waals surface area contributed by atoms with Crippen molar-refractivity contribution in [1.29, 1.82) is 0 Å². The van der Waals surface area contributed by atoms with Crippen molar-refractivity contribution >= 4 is 23.0 Å². The van der Waals surface area contributed by atoms with Crippen LogP contribution in [0, 0.1) is 11.3 Å². The Morgan fingerprint density at radius 2 is 1.91 bits per heavy atom. The topological polar surface area (TPSA) is 71.9 Å². The number of hydrogen-bond donors (Lipinski definition) is 2. The van der Waals surface area contributed by atoms with E-state index in [0.29, 0.717) is 42.6 Å². The smallest absolute Gasteiger partial charge is 0.264 e. The molecule has 46 heavy (non-hydrogen) atoms. The Morgan fingerprint density at radius 1 is 1.11 bits per heavy atom. The number of anilines is 2. The van der Waals surface area contributed by atoms with E-state index in [1.54, 1.807) is 13.0 Å². The fraction of sp³-hybridized carbons (Fsp3) is 0.657. The first-order valence-electron chi connectivity index (χ1n) is 17.3. The van der Waals surface area contributed by atoms with Crippen LogP contribution in [0.3, 0.4) is 0 Å². The van der Waals surface area contributed by atoms with Crippen molar-refractivity contribution in [2.75, 3.05) is 64.3 Å². The lowest BCUT2D eigenvalue weighted by atomic mass is 9.74. The molecule has 6 heterocycles. The van der Waals surface area contributed by atoms with Gasteiger partial charge in [-0.3, -0.25) is 9.48 Å². The lowest BCUT2D eigenvalue weighted by molar-refractivity contribution is -0.129. The lowest BCUT2D eigenvalue weighted by Crippen LogP contribution is -2.48. The summed E-state index contributed by atoms with van der Waals surface area (Å²) in [6, 6.07) is 4.00. The summed E-state index contributed by atoms with van der Waals surface area (Å²) >= 11 is 0. The SMILES string of the molecule is CC(=O)N1CCc2c(c(N3CCCc4cc(C5=CN(C)NC5)c(C(F)F)cc43)nn2C2CCN(CC3CCNCC3(C)C)CC2)C1. The number of halogens is 2. The molecule has 0 saturated carbocycles. The van der Waals surface area contributed by atoms with E-state index in [2.05, 4.69) is 39.1 Å². The largest absolute Gasteiger partial charge is 0.338 e. The maximum absolute atomic E-state index is 14.6. The molecule has 2 aromatic rings. The van der Waals surface area contributed by atoms with E-state index in [4.69, 9.17) is 5.10 Å². The van der Waals surface area contributed by atoms with Gasteiger partial charge in [0.25, 0.3) is 6.43 Å². The molecule has 250 valence electrons. The Labute approximate surface area is 271 Å². The van der Waals surface area contributed by atoms with Gasteiger partial charge in [-0.15, -0.1) is 0 Å². The number of carbonyl (C=O) groups excluding carboxylic acids is 1. The zero-order valence-corrected chi connectivity index (χ0v) is 27.9. The van der Waals surface area contributed by atoms with Crippen molar-refractivity contribution in [3.05, 3.63) is 46.3 Å². The van der Waals surface area contributed by atoms with E-state index in [-0.39, 0.29) is 11.5 Å². The first-order valence-corrected chi connectivity index (χ1v) is 17.3. The van der Waals surface area contributed by atoms with Gasteiger partial charge in [-0.2, -0.15) is 5.10 Å². The number of fused-ring (bicyclic) bond motifs is 2. The Hall–Kier alpha value is -3.02. The number of hydrazine groups is 1. The van der Waals surface area contributed by atoms with Gasteiger partial charge in [0.2, 0.25) is 5.91 Å². The Morgan fingerprint density at radius 3 is 2.61 bits per heavy atom. The molecule has 1 atom stereocenters. The van der Waals surface area contributed by atoms with Crippen molar-refractivity contribution < 1.29 is 13.6 Å². The van der Waals surface area contributed by atoms with Gasteiger partial charge in [0.05, 0.1) is 12.6 Å². The van der Waals surface area contributed by atoms with Gasteiger partial charge < -0.3 is 25.0 Å². The van der Waals surface area contributed by atoms with Gasteiger partial charge >= 0.3 is 0 Å². The molecule has 2 N–H and O–H groups in total. The molecule has 1 amide bonds. The standard InChI is InChI=1S/C35H50F2N8O/c1-23(46)43-15-10-31-30(21-43)34(40-45(31)27-8-13-42(14-9-27)20-26-7-11-38-22-35(26,2)3)44-12-5-6-24-16-28(25-18-39-41(4)19-25)29(33(36)37)17-32(24)44/h16-17,19,26-27,33,38-39H,5-15,18,20-22H2,1-4H3. The molecule has 1 unspecified atom stereocenters. The first kappa shape index (κ1) is 31.6. The number of rotatable bonds is 6. The van der Waals surface area contributed by atoms with Gasteiger partial charge in [0.15, 0.2) is 5.82 Å². The third-order valence-corrected chi connectivity index (χ3v) is 11.3. The molecule has 1 aromatic carbocycles. The number of aryl methyl sites for hydroxylation is 1. The van der Waals surface area contributed by atoms with Gasteiger partial charge in [0, 0.05) is 94.9 Å².